The van der Waals surface area contributed by atoms with Crippen molar-refractivity contribution in [3.63, 3.8) is 0 Å². The molecule has 1 aliphatic heterocycles. The zero-order valence-corrected chi connectivity index (χ0v) is 16.5. The fraction of sp³-hybridized carbons (Fsp3) is 0.368. The van der Waals surface area contributed by atoms with Crippen LogP contribution in [0.1, 0.15) is 22.9 Å². The highest BCUT2D eigenvalue weighted by atomic mass is 32.1. The van der Waals surface area contributed by atoms with Gasteiger partial charge in [-0.3, -0.25) is 24.6 Å². The summed E-state index contributed by atoms with van der Waals surface area (Å²) in [5.74, 6) is -1.60. The summed E-state index contributed by atoms with van der Waals surface area (Å²) in [5, 5.41) is 18.1. The highest BCUT2D eigenvalue weighted by molar-refractivity contribution is 7.10. The van der Waals surface area contributed by atoms with Crippen molar-refractivity contribution in [3.05, 3.63) is 55.8 Å². The quantitative estimate of drug-likeness (QED) is 0.454. The monoisotopic (exact) mass is 402 g/mol. The predicted octanol–water partition coefficient (Wildman–Crippen LogP) is 2.47. The average Bonchev–Trinajstić information content (AvgIpc) is 3.15. The van der Waals surface area contributed by atoms with E-state index in [0.29, 0.717) is 12.1 Å². The van der Waals surface area contributed by atoms with E-state index < -0.39 is 16.7 Å². The van der Waals surface area contributed by atoms with Crippen LogP contribution in [0.25, 0.3) is 0 Å². The van der Waals surface area contributed by atoms with Gasteiger partial charge in [0.1, 0.15) is 0 Å². The van der Waals surface area contributed by atoms with Gasteiger partial charge in [-0.1, -0.05) is 6.07 Å². The Kier molecular flexibility index (Phi) is 6.05. The van der Waals surface area contributed by atoms with E-state index in [0.717, 1.165) is 19.5 Å². The van der Waals surface area contributed by atoms with Gasteiger partial charge in [-0.2, -0.15) is 0 Å². The molecule has 1 aliphatic rings. The Morgan fingerprint density at radius 1 is 1.32 bits per heavy atom. The normalized spacial score (nSPS) is 14.8. The third-order valence-electron chi connectivity index (χ3n) is 4.90. The van der Waals surface area contributed by atoms with E-state index in [1.54, 1.807) is 18.3 Å². The number of aryl methyl sites for hydroxylation is 1. The third kappa shape index (κ3) is 4.55. The lowest BCUT2D eigenvalue weighted by Gasteiger charge is -2.32. The summed E-state index contributed by atoms with van der Waals surface area (Å²) in [6, 6.07) is 6.35. The predicted molar refractivity (Wildman–Crippen MR) is 107 cm³/mol. The van der Waals surface area contributed by atoms with Gasteiger partial charge < -0.3 is 10.6 Å². The van der Waals surface area contributed by atoms with Crippen LogP contribution in [-0.4, -0.2) is 40.8 Å². The number of thiophene rings is 1. The lowest BCUT2D eigenvalue weighted by Crippen LogP contribution is -2.46. The Hall–Kier alpha value is -2.78. The molecule has 3 rings (SSSR count). The summed E-state index contributed by atoms with van der Waals surface area (Å²) >= 11 is 1.77. The molecule has 1 unspecified atom stereocenters. The standard InChI is InChI=1S/C19H22N4O4S/c1-12-3-4-15(23(26)27)9-16(12)21-19(25)18(24)20-10-13(2)22-7-5-17-14(11-22)6-8-28-17/h3-4,6,8-9,13H,5,7,10-11H2,1-2H3,(H,20,24)(H,21,25). The maximum absolute atomic E-state index is 12.2. The number of carbonyl (C=O) groups is 2. The minimum atomic E-state index is -0.838. The average molecular weight is 402 g/mol. The Morgan fingerprint density at radius 3 is 2.86 bits per heavy atom. The summed E-state index contributed by atoms with van der Waals surface area (Å²) in [6.07, 6.45) is 0.998. The number of rotatable bonds is 5. The molecule has 0 radical (unpaired) electrons. The minimum Gasteiger partial charge on any atom is -0.346 e. The molecule has 28 heavy (non-hydrogen) atoms. The van der Waals surface area contributed by atoms with Crippen LogP contribution in [0.5, 0.6) is 0 Å². The number of nitro groups is 1. The van der Waals surface area contributed by atoms with Crippen LogP contribution < -0.4 is 10.6 Å². The first-order chi connectivity index (χ1) is 13.3. The van der Waals surface area contributed by atoms with Crippen LogP contribution >= 0.6 is 11.3 Å². The first-order valence-corrected chi connectivity index (χ1v) is 9.86. The summed E-state index contributed by atoms with van der Waals surface area (Å²) in [5.41, 5.74) is 2.07. The molecule has 8 nitrogen and oxygen atoms in total. The Balaban J connectivity index is 1.53. The van der Waals surface area contributed by atoms with Gasteiger partial charge >= 0.3 is 11.8 Å². The smallest absolute Gasteiger partial charge is 0.313 e. The maximum atomic E-state index is 12.2. The van der Waals surface area contributed by atoms with Crippen molar-refractivity contribution in [1.82, 2.24) is 10.2 Å². The number of non-ortho nitro benzene ring substituents is 1. The SMILES string of the molecule is Cc1ccc([N+](=O)[O-])cc1NC(=O)C(=O)NCC(C)N1CCc2sccc2C1. The molecule has 0 saturated carbocycles. The highest BCUT2D eigenvalue weighted by Gasteiger charge is 2.23. The molecule has 2 heterocycles. The number of nitro benzene ring substituents is 1. The van der Waals surface area contributed by atoms with Gasteiger partial charge in [-0.15, -0.1) is 11.3 Å². The second-order valence-electron chi connectivity index (χ2n) is 6.86. The van der Waals surface area contributed by atoms with Gasteiger partial charge in [0.05, 0.1) is 10.6 Å². The number of amides is 2. The van der Waals surface area contributed by atoms with E-state index in [2.05, 4.69) is 27.0 Å². The van der Waals surface area contributed by atoms with Crippen molar-refractivity contribution in [1.29, 1.82) is 0 Å². The number of hydrogen-bond acceptors (Lipinski definition) is 6. The molecule has 0 bridgehead atoms. The van der Waals surface area contributed by atoms with Crippen molar-refractivity contribution in [2.75, 3.05) is 18.4 Å². The van der Waals surface area contributed by atoms with E-state index in [4.69, 9.17) is 0 Å². The highest BCUT2D eigenvalue weighted by Crippen LogP contribution is 2.25. The zero-order chi connectivity index (χ0) is 20.3. The second kappa shape index (κ2) is 8.49. The van der Waals surface area contributed by atoms with Gasteiger partial charge in [0.2, 0.25) is 0 Å². The summed E-state index contributed by atoms with van der Waals surface area (Å²) in [4.78, 5) is 38.3. The molecular weight excluding hydrogens is 380 g/mol. The summed E-state index contributed by atoms with van der Waals surface area (Å²) in [6.45, 7) is 5.83. The van der Waals surface area contributed by atoms with Crippen molar-refractivity contribution in [2.24, 2.45) is 0 Å². The van der Waals surface area contributed by atoms with Gasteiger partial charge in [-0.05, 0) is 42.8 Å². The van der Waals surface area contributed by atoms with E-state index in [-0.39, 0.29) is 17.4 Å². The molecule has 0 spiro atoms. The number of nitrogens with zero attached hydrogens (tertiary/aromatic N) is 2. The van der Waals surface area contributed by atoms with Gasteiger partial charge in [-0.25, -0.2) is 0 Å². The van der Waals surface area contributed by atoms with E-state index in [1.807, 2.05) is 6.92 Å². The molecular formula is C19H22N4O4S. The van der Waals surface area contributed by atoms with Crippen LogP contribution in [0.2, 0.25) is 0 Å². The third-order valence-corrected chi connectivity index (χ3v) is 5.93. The molecule has 2 N–H and O–H groups in total. The van der Waals surface area contributed by atoms with E-state index in [1.165, 1.54) is 28.6 Å². The van der Waals surface area contributed by atoms with Crippen LogP contribution in [0.4, 0.5) is 11.4 Å². The van der Waals surface area contributed by atoms with E-state index in [9.17, 15) is 19.7 Å². The topological polar surface area (TPSA) is 105 Å². The zero-order valence-electron chi connectivity index (χ0n) is 15.7. The molecule has 2 aromatic rings. The first kappa shape index (κ1) is 20.0. The molecule has 1 aromatic carbocycles. The Morgan fingerprint density at radius 2 is 2.11 bits per heavy atom. The lowest BCUT2D eigenvalue weighted by atomic mass is 10.1. The molecule has 2 amide bonds. The molecule has 1 atom stereocenters. The van der Waals surface area contributed by atoms with Gasteiger partial charge in [0.15, 0.2) is 0 Å². The Bertz CT molecular complexity index is 911. The molecule has 0 saturated heterocycles. The molecule has 9 heteroatoms. The number of fused-ring (bicyclic) bond motifs is 1. The van der Waals surface area contributed by atoms with Crippen LogP contribution in [0.3, 0.4) is 0 Å². The second-order valence-corrected chi connectivity index (χ2v) is 7.86. The molecule has 0 aliphatic carbocycles. The van der Waals surface area contributed by atoms with Crippen molar-refractivity contribution >= 4 is 34.5 Å². The minimum absolute atomic E-state index is 0.0874. The number of benzene rings is 1. The lowest BCUT2D eigenvalue weighted by molar-refractivity contribution is -0.384. The fourth-order valence-electron chi connectivity index (χ4n) is 3.13. The van der Waals surface area contributed by atoms with Gasteiger partial charge in [0, 0.05) is 42.7 Å². The molecule has 0 fully saturated rings. The number of anilines is 1. The number of hydrogen-bond donors (Lipinski definition) is 2. The van der Waals surface area contributed by atoms with Crippen molar-refractivity contribution in [2.45, 2.75) is 32.9 Å². The van der Waals surface area contributed by atoms with Crippen molar-refractivity contribution in [3.8, 4) is 0 Å². The van der Waals surface area contributed by atoms with Crippen LogP contribution in [0.15, 0.2) is 29.6 Å². The van der Waals surface area contributed by atoms with Crippen LogP contribution in [0, 0.1) is 17.0 Å². The maximum Gasteiger partial charge on any atom is 0.313 e. The van der Waals surface area contributed by atoms with E-state index >= 15 is 0 Å². The largest absolute Gasteiger partial charge is 0.346 e. The van der Waals surface area contributed by atoms with Gasteiger partial charge in [0.25, 0.3) is 5.69 Å². The summed E-state index contributed by atoms with van der Waals surface area (Å²) in [7, 11) is 0. The Labute approximate surface area is 166 Å². The molecule has 148 valence electrons. The fourth-order valence-corrected chi connectivity index (χ4v) is 4.02. The van der Waals surface area contributed by atoms with Crippen molar-refractivity contribution < 1.29 is 14.5 Å². The molecule has 1 aromatic heterocycles. The number of carbonyl (C=O) groups excluding carboxylic acids is 2. The summed E-state index contributed by atoms with van der Waals surface area (Å²) < 4.78 is 0. The number of nitrogens with one attached hydrogen (secondary N) is 2. The first-order valence-electron chi connectivity index (χ1n) is 8.98. The van der Waals surface area contributed by atoms with Crippen LogP contribution in [-0.2, 0) is 22.6 Å².